The van der Waals surface area contributed by atoms with Gasteiger partial charge in [0.25, 0.3) is 15.9 Å². The first-order chi connectivity index (χ1) is 15.2. The first kappa shape index (κ1) is 22.3. The Morgan fingerprint density at radius 1 is 1.22 bits per heavy atom. The molecule has 2 aromatic carbocycles. The van der Waals surface area contributed by atoms with Crippen LogP contribution in [0.25, 0.3) is 0 Å². The van der Waals surface area contributed by atoms with Gasteiger partial charge in [-0.3, -0.25) is 9.52 Å². The van der Waals surface area contributed by atoms with Crippen LogP contribution in [0.3, 0.4) is 0 Å². The normalized spacial score (nSPS) is 16.6. The molecule has 1 fully saturated rings. The van der Waals surface area contributed by atoms with E-state index in [9.17, 15) is 13.2 Å². The number of carbonyl (C=O) groups is 1. The molecule has 0 saturated carbocycles. The zero-order valence-electron chi connectivity index (χ0n) is 18.1. The SMILES string of the molecule is Cc1ccc(C(C)C)cc1OC1CCN(c2ccc(S(=O)(=O)Nc3nccs3)cc2)C1=O.[HH]. The van der Waals surface area contributed by atoms with Crippen LogP contribution in [-0.4, -0.2) is 32.0 Å². The van der Waals surface area contributed by atoms with Gasteiger partial charge >= 0.3 is 0 Å². The highest BCUT2D eigenvalue weighted by Gasteiger charge is 2.34. The molecule has 1 aliphatic heterocycles. The lowest BCUT2D eigenvalue weighted by molar-refractivity contribution is -0.122. The lowest BCUT2D eigenvalue weighted by Gasteiger charge is -2.19. The zero-order chi connectivity index (χ0) is 22.9. The second-order valence-electron chi connectivity index (χ2n) is 8.00. The van der Waals surface area contributed by atoms with Crippen LogP contribution in [0, 0.1) is 6.92 Å². The number of nitrogens with zero attached hydrogens (tertiary/aromatic N) is 2. The molecule has 1 atom stereocenters. The van der Waals surface area contributed by atoms with Crippen molar-refractivity contribution in [2.24, 2.45) is 0 Å². The van der Waals surface area contributed by atoms with E-state index in [2.05, 4.69) is 29.6 Å². The smallest absolute Gasteiger partial charge is 0.268 e. The van der Waals surface area contributed by atoms with E-state index in [1.165, 1.54) is 29.7 Å². The summed E-state index contributed by atoms with van der Waals surface area (Å²) < 4.78 is 33.6. The summed E-state index contributed by atoms with van der Waals surface area (Å²) in [4.78, 5) is 18.7. The Bertz CT molecular complexity index is 1210. The maximum Gasteiger partial charge on any atom is 0.268 e. The third kappa shape index (κ3) is 4.63. The highest BCUT2D eigenvalue weighted by atomic mass is 32.2. The largest absolute Gasteiger partial charge is 0.480 e. The third-order valence-corrected chi connectivity index (χ3v) is 7.59. The number of hydrogen-bond acceptors (Lipinski definition) is 6. The molecule has 1 saturated heterocycles. The number of benzene rings is 2. The molecule has 0 bridgehead atoms. The van der Waals surface area contributed by atoms with Crippen molar-refractivity contribution in [2.45, 2.75) is 44.1 Å². The minimum Gasteiger partial charge on any atom is -0.480 e. The molecule has 3 aromatic rings. The van der Waals surface area contributed by atoms with E-state index in [0.717, 1.165) is 16.9 Å². The van der Waals surface area contributed by atoms with Gasteiger partial charge in [-0.15, -0.1) is 11.3 Å². The molecule has 2 heterocycles. The molecule has 1 aliphatic rings. The fourth-order valence-electron chi connectivity index (χ4n) is 3.53. The van der Waals surface area contributed by atoms with Crippen LogP contribution in [0.5, 0.6) is 5.75 Å². The monoisotopic (exact) mass is 473 g/mol. The van der Waals surface area contributed by atoms with Gasteiger partial charge in [-0.05, 0) is 54.3 Å². The maximum absolute atomic E-state index is 13.0. The van der Waals surface area contributed by atoms with E-state index in [4.69, 9.17) is 4.74 Å². The van der Waals surface area contributed by atoms with Gasteiger partial charge in [0, 0.05) is 31.7 Å². The predicted molar refractivity (Wildman–Crippen MR) is 128 cm³/mol. The Balaban J connectivity index is 0.00000306. The number of carbonyl (C=O) groups excluding carboxylic acids is 1. The van der Waals surface area contributed by atoms with Gasteiger partial charge in [0.05, 0.1) is 4.90 Å². The molecule has 0 radical (unpaired) electrons. The summed E-state index contributed by atoms with van der Waals surface area (Å²) in [5.74, 6) is 0.968. The fourth-order valence-corrected chi connectivity index (χ4v) is 5.32. The van der Waals surface area contributed by atoms with Crippen LogP contribution < -0.4 is 14.4 Å². The van der Waals surface area contributed by atoms with Crippen LogP contribution in [0.15, 0.2) is 58.9 Å². The molecule has 170 valence electrons. The Morgan fingerprint density at radius 2 is 1.97 bits per heavy atom. The number of anilines is 2. The third-order valence-electron chi connectivity index (χ3n) is 5.42. The Kier molecular flexibility index (Phi) is 6.21. The molecular formula is C23H27N3O4S2. The molecule has 0 aliphatic carbocycles. The number of nitrogens with one attached hydrogen (secondary N) is 1. The Morgan fingerprint density at radius 3 is 2.62 bits per heavy atom. The zero-order valence-corrected chi connectivity index (χ0v) is 19.7. The van der Waals surface area contributed by atoms with Crippen LogP contribution >= 0.6 is 11.3 Å². The van der Waals surface area contributed by atoms with Crippen molar-refractivity contribution in [3.8, 4) is 5.75 Å². The van der Waals surface area contributed by atoms with E-state index in [1.807, 2.05) is 19.1 Å². The van der Waals surface area contributed by atoms with Gasteiger partial charge in [0.1, 0.15) is 5.75 Å². The van der Waals surface area contributed by atoms with Gasteiger partial charge < -0.3 is 9.64 Å². The van der Waals surface area contributed by atoms with Gasteiger partial charge in [-0.2, -0.15) is 0 Å². The summed E-state index contributed by atoms with van der Waals surface area (Å²) in [5, 5.41) is 2.00. The number of amides is 1. The number of hydrogen-bond donors (Lipinski definition) is 1. The van der Waals surface area contributed by atoms with Crippen molar-refractivity contribution in [3.63, 3.8) is 0 Å². The van der Waals surface area contributed by atoms with E-state index in [1.54, 1.807) is 22.4 Å². The quantitative estimate of drug-likeness (QED) is 0.532. The first-order valence-electron chi connectivity index (χ1n) is 10.4. The summed E-state index contributed by atoms with van der Waals surface area (Å²) >= 11 is 1.20. The molecule has 7 nitrogen and oxygen atoms in total. The molecule has 1 N–H and O–H groups in total. The summed E-state index contributed by atoms with van der Waals surface area (Å²) in [6.45, 7) is 6.71. The van der Waals surface area contributed by atoms with E-state index in [0.29, 0.717) is 29.7 Å². The summed E-state index contributed by atoms with van der Waals surface area (Å²) in [6, 6.07) is 12.4. The number of rotatable bonds is 7. The molecule has 1 aromatic heterocycles. The van der Waals surface area contributed by atoms with Crippen molar-refractivity contribution in [3.05, 3.63) is 65.2 Å². The summed E-state index contributed by atoms with van der Waals surface area (Å²) in [5.41, 5.74) is 2.79. The second kappa shape index (κ2) is 8.91. The van der Waals surface area contributed by atoms with Crippen LogP contribution in [0.2, 0.25) is 0 Å². The molecule has 1 amide bonds. The average Bonchev–Trinajstić information content (AvgIpc) is 3.39. The first-order valence-corrected chi connectivity index (χ1v) is 12.7. The molecular weight excluding hydrogens is 446 g/mol. The minimum atomic E-state index is -3.73. The second-order valence-corrected chi connectivity index (χ2v) is 10.6. The van der Waals surface area contributed by atoms with Crippen molar-refractivity contribution in [2.75, 3.05) is 16.2 Å². The van der Waals surface area contributed by atoms with E-state index in [-0.39, 0.29) is 12.2 Å². The number of ether oxygens (including phenoxy) is 1. The minimum absolute atomic E-state index is 0. The number of aryl methyl sites for hydroxylation is 1. The lowest BCUT2D eigenvalue weighted by atomic mass is 10.0. The van der Waals surface area contributed by atoms with Crippen molar-refractivity contribution < 1.29 is 19.4 Å². The van der Waals surface area contributed by atoms with Gasteiger partial charge in [-0.25, -0.2) is 13.4 Å². The van der Waals surface area contributed by atoms with Gasteiger partial charge in [0.15, 0.2) is 11.2 Å². The topological polar surface area (TPSA) is 88.6 Å². The molecule has 9 heteroatoms. The van der Waals surface area contributed by atoms with E-state index < -0.39 is 16.1 Å². The highest BCUT2D eigenvalue weighted by Crippen LogP contribution is 2.30. The standard InChI is InChI=1S/C23H25N3O4S2.H2/c1-15(2)17-5-4-16(3)21(14-17)30-20-10-12-26(22(20)27)18-6-8-19(9-7-18)32(28,29)25-23-24-11-13-31-23;/h4-9,11,13-15,20H,10,12H2,1-3H3,(H,24,25);1H. The molecule has 1 unspecified atom stereocenters. The number of aromatic nitrogens is 1. The summed E-state index contributed by atoms with van der Waals surface area (Å²) in [6.07, 6.45) is 1.53. The summed E-state index contributed by atoms with van der Waals surface area (Å²) in [7, 11) is -3.73. The van der Waals surface area contributed by atoms with Gasteiger partial charge in [-0.1, -0.05) is 26.0 Å². The highest BCUT2D eigenvalue weighted by molar-refractivity contribution is 7.93. The van der Waals surface area contributed by atoms with E-state index >= 15 is 0 Å². The Hall–Kier alpha value is -2.91. The molecule has 4 rings (SSSR count). The Labute approximate surface area is 193 Å². The van der Waals surface area contributed by atoms with Crippen LogP contribution in [0.4, 0.5) is 10.8 Å². The van der Waals surface area contributed by atoms with Crippen LogP contribution in [-0.2, 0) is 14.8 Å². The molecule has 0 spiro atoms. The van der Waals surface area contributed by atoms with Crippen molar-refractivity contribution in [1.82, 2.24) is 4.98 Å². The fraction of sp³-hybridized carbons (Fsp3) is 0.304. The molecule has 32 heavy (non-hydrogen) atoms. The van der Waals surface area contributed by atoms with Crippen molar-refractivity contribution in [1.29, 1.82) is 0 Å². The maximum atomic E-state index is 13.0. The predicted octanol–water partition coefficient (Wildman–Crippen LogP) is 4.81. The van der Waals surface area contributed by atoms with Gasteiger partial charge in [0.2, 0.25) is 0 Å². The average molecular weight is 474 g/mol. The number of sulfonamides is 1. The van der Waals surface area contributed by atoms with Crippen molar-refractivity contribution >= 4 is 38.1 Å². The van der Waals surface area contributed by atoms with Crippen LogP contribution in [0.1, 0.15) is 38.7 Å². The number of thiazole rings is 1. The lowest BCUT2D eigenvalue weighted by Crippen LogP contribution is -2.32.